The first-order valence-electron chi connectivity index (χ1n) is 5.00. The highest BCUT2D eigenvalue weighted by Gasteiger charge is 1.95. The largest absolute Gasteiger partial charge is 0.353 e. The zero-order valence-electron chi connectivity index (χ0n) is 8.93. The van der Waals surface area contributed by atoms with Crippen molar-refractivity contribution in [2.45, 2.75) is 6.92 Å². The van der Waals surface area contributed by atoms with Crippen LogP contribution in [0.15, 0.2) is 29.8 Å². The van der Waals surface area contributed by atoms with Gasteiger partial charge in [-0.2, -0.15) is 0 Å². The molecule has 2 rings (SSSR count). The number of rotatable bonds is 3. The monoisotopic (exact) mass is 232 g/mol. The molecule has 1 aromatic carbocycles. The van der Waals surface area contributed by atoms with E-state index in [2.05, 4.69) is 16.4 Å². The van der Waals surface area contributed by atoms with Gasteiger partial charge in [-0.1, -0.05) is 18.2 Å². The highest BCUT2D eigenvalue weighted by Crippen LogP contribution is 2.19. The molecule has 0 saturated carbocycles. The van der Waals surface area contributed by atoms with Crippen LogP contribution in [0, 0.1) is 0 Å². The fraction of sp³-hybridized carbons (Fsp3) is 0.167. The Balaban J connectivity index is 2.06. The van der Waals surface area contributed by atoms with Crippen molar-refractivity contribution in [2.24, 2.45) is 0 Å². The van der Waals surface area contributed by atoms with Gasteiger partial charge in [-0.15, -0.1) is 11.3 Å². The number of nitrogens with zero attached hydrogens (tertiary/aromatic N) is 1. The van der Waals surface area contributed by atoms with Gasteiger partial charge in [-0.3, -0.25) is 4.79 Å². The van der Waals surface area contributed by atoms with E-state index >= 15 is 0 Å². The summed E-state index contributed by atoms with van der Waals surface area (Å²) in [4.78, 5) is 14.9. The zero-order valence-corrected chi connectivity index (χ0v) is 9.75. The van der Waals surface area contributed by atoms with Gasteiger partial charge in [0.1, 0.15) is 0 Å². The topological polar surface area (TPSA) is 42.0 Å². The number of aromatic nitrogens is 1. The molecule has 0 fully saturated rings. The van der Waals surface area contributed by atoms with Crippen LogP contribution in [-0.4, -0.2) is 17.4 Å². The molecule has 0 aliphatic heterocycles. The molecule has 0 aliphatic carbocycles. The molecule has 0 bridgehead atoms. The van der Waals surface area contributed by atoms with Crippen LogP contribution in [0.5, 0.6) is 0 Å². The van der Waals surface area contributed by atoms with Gasteiger partial charge in [0.2, 0.25) is 5.91 Å². The van der Waals surface area contributed by atoms with Crippen LogP contribution >= 0.6 is 11.3 Å². The first kappa shape index (κ1) is 10.8. The van der Waals surface area contributed by atoms with Crippen molar-refractivity contribution in [3.63, 3.8) is 0 Å². The summed E-state index contributed by atoms with van der Waals surface area (Å²) in [7, 11) is 0. The quantitative estimate of drug-likeness (QED) is 0.883. The second-order valence-corrected chi connectivity index (χ2v) is 4.31. The van der Waals surface area contributed by atoms with E-state index in [-0.39, 0.29) is 5.91 Å². The van der Waals surface area contributed by atoms with Gasteiger partial charge in [-0.25, -0.2) is 4.98 Å². The third-order valence-corrected chi connectivity index (χ3v) is 2.94. The maximum Gasteiger partial charge on any atom is 0.217 e. The summed E-state index contributed by atoms with van der Waals surface area (Å²) in [5.41, 5.74) is 3.96. The lowest BCUT2D eigenvalue weighted by molar-refractivity contribution is -0.118. The standard InChI is InChI=1S/C12H12N2OS/c1-9(15)13-6-2-3-10-4-5-12-11(7-10)14-8-16-12/h2-5,7-8H,6H2,1H3,(H,13,15). The van der Waals surface area contributed by atoms with Gasteiger partial charge in [0.15, 0.2) is 0 Å². The van der Waals surface area contributed by atoms with Crippen molar-refractivity contribution in [1.82, 2.24) is 10.3 Å². The van der Waals surface area contributed by atoms with E-state index in [9.17, 15) is 4.79 Å². The zero-order chi connectivity index (χ0) is 11.4. The Hall–Kier alpha value is -1.68. The molecule has 3 nitrogen and oxygen atoms in total. The Morgan fingerprint density at radius 2 is 2.44 bits per heavy atom. The molecule has 4 heteroatoms. The van der Waals surface area contributed by atoms with E-state index in [0.717, 1.165) is 11.1 Å². The van der Waals surface area contributed by atoms with Gasteiger partial charge in [0, 0.05) is 13.5 Å². The van der Waals surface area contributed by atoms with Crippen molar-refractivity contribution < 1.29 is 4.79 Å². The maximum atomic E-state index is 10.6. The first-order valence-corrected chi connectivity index (χ1v) is 5.88. The molecule has 2 aromatic rings. The summed E-state index contributed by atoms with van der Waals surface area (Å²) < 4.78 is 1.19. The average molecular weight is 232 g/mol. The summed E-state index contributed by atoms with van der Waals surface area (Å²) in [5.74, 6) is -0.0143. The van der Waals surface area contributed by atoms with E-state index in [4.69, 9.17) is 0 Å². The SMILES string of the molecule is CC(=O)NCC=Cc1ccc2scnc2c1. The van der Waals surface area contributed by atoms with Crippen LogP contribution < -0.4 is 5.32 Å². The lowest BCUT2D eigenvalue weighted by Crippen LogP contribution is -2.19. The highest BCUT2D eigenvalue weighted by molar-refractivity contribution is 7.16. The smallest absolute Gasteiger partial charge is 0.217 e. The van der Waals surface area contributed by atoms with E-state index in [1.54, 1.807) is 11.3 Å². The minimum Gasteiger partial charge on any atom is -0.353 e. The van der Waals surface area contributed by atoms with E-state index < -0.39 is 0 Å². The fourth-order valence-electron chi connectivity index (χ4n) is 1.38. The molecule has 16 heavy (non-hydrogen) atoms. The maximum absolute atomic E-state index is 10.6. The molecule has 0 saturated heterocycles. The number of thiazole rings is 1. The van der Waals surface area contributed by atoms with Crippen molar-refractivity contribution >= 4 is 33.5 Å². The summed E-state index contributed by atoms with van der Waals surface area (Å²) >= 11 is 1.64. The lowest BCUT2D eigenvalue weighted by atomic mass is 10.2. The van der Waals surface area contributed by atoms with Gasteiger partial charge >= 0.3 is 0 Å². The summed E-state index contributed by atoms with van der Waals surface area (Å²) in [6.07, 6.45) is 3.91. The minimum atomic E-state index is -0.0143. The van der Waals surface area contributed by atoms with Crippen LogP contribution in [0.25, 0.3) is 16.3 Å². The Labute approximate surface area is 97.8 Å². The predicted molar refractivity (Wildman–Crippen MR) is 67.3 cm³/mol. The van der Waals surface area contributed by atoms with Crippen LogP contribution in [0.1, 0.15) is 12.5 Å². The van der Waals surface area contributed by atoms with E-state index in [1.807, 2.05) is 29.8 Å². The molecule has 1 N–H and O–H groups in total. The number of fused-ring (bicyclic) bond motifs is 1. The number of hydrogen-bond donors (Lipinski definition) is 1. The van der Waals surface area contributed by atoms with E-state index in [1.165, 1.54) is 11.6 Å². The van der Waals surface area contributed by atoms with Gasteiger partial charge in [0.25, 0.3) is 0 Å². The minimum absolute atomic E-state index is 0.0143. The van der Waals surface area contributed by atoms with Crippen LogP contribution in [0.3, 0.4) is 0 Å². The van der Waals surface area contributed by atoms with Gasteiger partial charge < -0.3 is 5.32 Å². The van der Waals surface area contributed by atoms with Crippen molar-refractivity contribution in [3.8, 4) is 0 Å². The predicted octanol–water partition coefficient (Wildman–Crippen LogP) is 2.45. The molecule has 0 unspecified atom stereocenters. The third-order valence-electron chi connectivity index (χ3n) is 2.13. The number of nitrogens with one attached hydrogen (secondary N) is 1. The molecule has 0 aliphatic rings. The van der Waals surface area contributed by atoms with Crippen molar-refractivity contribution in [3.05, 3.63) is 35.3 Å². The summed E-state index contributed by atoms with van der Waals surface area (Å²) in [6, 6.07) is 6.14. The normalized spacial score (nSPS) is 11.1. The second kappa shape index (κ2) is 4.90. The molecular weight excluding hydrogens is 220 g/mol. The Morgan fingerprint density at radius 3 is 3.25 bits per heavy atom. The molecular formula is C12H12N2OS. The molecule has 0 spiro atoms. The molecule has 1 heterocycles. The number of carbonyl (C=O) groups is 1. The van der Waals surface area contributed by atoms with Crippen LogP contribution in [0.2, 0.25) is 0 Å². The van der Waals surface area contributed by atoms with E-state index in [0.29, 0.717) is 6.54 Å². The number of carbonyl (C=O) groups excluding carboxylic acids is 1. The van der Waals surface area contributed by atoms with Gasteiger partial charge in [-0.05, 0) is 17.7 Å². The van der Waals surface area contributed by atoms with Crippen LogP contribution in [0.4, 0.5) is 0 Å². The van der Waals surface area contributed by atoms with Gasteiger partial charge in [0.05, 0.1) is 15.7 Å². The average Bonchev–Trinajstić information content (AvgIpc) is 2.71. The first-order chi connectivity index (χ1) is 7.75. The molecule has 1 aromatic heterocycles. The summed E-state index contributed by atoms with van der Waals surface area (Å²) in [6.45, 7) is 2.07. The Kier molecular flexibility index (Phi) is 3.31. The Bertz CT molecular complexity index is 531. The number of benzene rings is 1. The molecule has 0 atom stereocenters. The van der Waals surface area contributed by atoms with Crippen LogP contribution in [-0.2, 0) is 4.79 Å². The molecule has 1 amide bonds. The number of hydrogen-bond acceptors (Lipinski definition) is 3. The fourth-order valence-corrected chi connectivity index (χ4v) is 2.04. The second-order valence-electron chi connectivity index (χ2n) is 3.42. The highest BCUT2D eigenvalue weighted by atomic mass is 32.1. The molecule has 0 radical (unpaired) electrons. The Morgan fingerprint density at radius 1 is 1.56 bits per heavy atom. The lowest BCUT2D eigenvalue weighted by Gasteiger charge is -1.95. The van der Waals surface area contributed by atoms with Crippen molar-refractivity contribution in [1.29, 1.82) is 0 Å². The molecule has 82 valence electrons. The summed E-state index contributed by atoms with van der Waals surface area (Å²) in [5, 5.41) is 2.71. The number of amides is 1. The van der Waals surface area contributed by atoms with Crippen molar-refractivity contribution in [2.75, 3.05) is 6.54 Å². The third kappa shape index (κ3) is 2.67.